The van der Waals surface area contributed by atoms with Crippen LogP contribution in [0.3, 0.4) is 0 Å². The van der Waals surface area contributed by atoms with Gasteiger partial charge in [-0.2, -0.15) is 0 Å². The van der Waals surface area contributed by atoms with E-state index in [-0.39, 0.29) is 30.5 Å². The van der Waals surface area contributed by atoms with E-state index in [1.165, 1.54) is 0 Å². The van der Waals surface area contributed by atoms with Gasteiger partial charge in [-0.15, -0.1) is 0 Å². The summed E-state index contributed by atoms with van der Waals surface area (Å²) in [5.74, 6) is 0.516. The van der Waals surface area contributed by atoms with Crippen molar-refractivity contribution in [1.82, 2.24) is 15.0 Å². The molecule has 1 aliphatic heterocycles. The number of aromatic nitrogens is 1. The van der Waals surface area contributed by atoms with Crippen LogP contribution in [0.25, 0.3) is 33.7 Å². The monoisotopic (exact) mass is 611 g/mol. The van der Waals surface area contributed by atoms with Gasteiger partial charge in [0.05, 0.1) is 15.8 Å². The van der Waals surface area contributed by atoms with E-state index < -0.39 is 27.0 Å². The lowest BCUT2D eigenvalue weighted by Crippen LogP contribution is -2.35. The zero-order chi connectivity index (χ0) is 29.0. The summed E-state index contributed by atoms with van der Waals surface area (Å²) >= 11 is 6.85. The minimum atomic E-state index is -3.58. The van der Waals surface area contributed by atoms with Crippen molar-refractivity contribution in [3.8, 4) is 34.1 Å². The molecule has 3 aliphatic rings. The number of rotatable bonds is 8. The van der Waals surface area contributed by atoms with Crippen LogP contribution in [0.4, 0.5) is 4.39 Å². The highest BCUT2D eigenvalue weighted by molar-refractivity contribution is 7.90. The maximum atomic E-state index is 15.6. The van der Waals surface area contributed by atoms with Gasteiger partial charge in [0, 0.05) is 24.6 Å². The normalized spacial score (nSPS) is 17.8. The van der Waals surface area contributed by atoms with Crippen LogP contribution >= 0.6 is 11.6 Å². The van der Waals surface area contributed by atoms with Gasteiger partial charge in [-0.25, -0.2) is 17.8 Å². The number of hydrogen-bond donors (Lipinski definition) is 2. The summed E-state index contributed by atoms with van der Waals surface area (Å²) in [6, 6.07) is 12.7. The second-order valence-electron chi connectivity index (χ2n) is 10.7. The molecule has 0 radical (unpaired) electrons. The summed E-state index contributed by atoms with van der Waals surface area (Å²) in [5, 5.41) is 3.22. The number of carbonyl (C=O) groups is 1. The van der Waals surface area contributed by atoms with Gasteiger partial charge in [-0.05, 0) is 66.6 Å². The maximum absolute atomic E-state index is 15.6. The fourth-order valence-corrected chi connectivity index (χ4v) is 7.24. The Morgan fingerprint density at radius 3 is 2.64 bits per heavy atom. The zero-order valence-corrected chi connectivity index (χ0v) is 24.0. The molecule has 1 saturated carbocycles. The smallest absolute Gasteiger partial charge is 0.237 e. The van der Waals surface area contributed by atoms with Gasteiger partial charge in [-0.3, -0.25) is 9.52 Å². The van der Waals surface area contributed by atoms with Crippen LogP contribution < -0.4 is 19.5 Å². The molecular formula is C30H27ClFN3O6S. The molecular weight excluding hydrogens is 585 g/mol. The quantitative estimate of drug-likeness (QED) is 0.275. The highest BCUT2D eigenvalue weighted by Gasteiger charge is 2.37. The molecule has 2 N–H and O–H groups in total. The van der Waals surface area contributed by atoms with Crippen molar-refractivity contribution in [2.45, 2.75) is 43.4 Å². The molecule has 7 rings (SSSR count). The Balaban J connectivity index is 1.12. The Morgan fingerprint density at radius 1 is 1.05 bits per heavy atom. The van der Waals surface area contributed by atoms with Crippen LogP contribution in [-0.4, -0.2) is 44.3 Å². The largest absolute Gasteiger partial charge is 0.486 e. The predicted octanol–water partition coefficient (Wildman–Crippen LogP) is 5.30. The first kappa shape index (κ1) is 27.2. The molecule has 42 heavy (non-hydrogen) atoms. The fourth-order valence-electron chi connectivity index (χ4n) is 5.58. The standard InChI is InChI=1S/C30H27ClFN3O6S/c31-27-18(16-4-9-24-25(14-16)40-13-12-39-24)2-1-3-20(27)30-34-23-15-21-19(28(32)29(23)41-30)7-8-22(21)33-11-10-26(36)35-42(37,38)17-5-6-17/h1-4,9,14-15,17,22,33H,5-8,10-13H2,(H,35,36). The molecule has 2 heterocycles. The Morgan fingerprint density at radius 2 is 1.83 bits per heavy atom. The van der Waals surface area contributed by atoms with Crippen molar-refractivity contribution in [2.24, 2.45) is 0 Å². The second-order valence-corrected chi connectivity index (χ2v) is 13.1. The van der Waals surface area contributed by atoms with Gasteiger partial charge < -0.3 is 19.2 Å². The number of fused-ring (bicyclic) bond motifs is 3. The van der Waals surface area contributed by atoms with Crippen LogP contribution in [0.2, 0.25) is 5.02 Å². The number of ether oxygens (including phenoxy) is 2. The third-order valence-corrected chi connectivity index (χ3v) is 10.1. The van der Waals surface area contributed by atoms with E-state index in [1.54, 1.807) is 6.07 Å². The summed E-state index contributed by atoms with van der Waals surface area (Å²) < 4.78 is 59.0. The number of halogens is 2. The first-order chi connectivity index (χ1) is 20.3. The van der Waals surface area contributed by atoms with Gasteiger partial charge in [0.1, 0.15) is 18.7 Å². The van der Waals surface area contributed by atoms with Crippen molar-refractivity contribution < 1.29 is 31.5 Å². The molecule has 0 saturated heterocycles. The second kappa shape index (κ2) is 10.6. The van der Waals surface area contributed by atoms with E-state index >= 15 is 4.39 Å². The minimum Gasteiger partial charge on any atom is -0.486 e. The molecule has 2 aliphatic carbocycles. The molecule has 12 heteroatoms. The van der Waals surface area contributed by atoms with E-state index in [9.17, 15) is 13.2 Å². The first-order valence-electron chi connectivity index (χ1n) is 13.9. The van der Waals surface area contributed by atoms with Gasteiger partial charge in [0.25, 0.3) is 0 Å². The molecule has 1 aromatic heterocycles. The topological polar surface area (TPSA) is 120 Å². The molecule has 1 amide bonds. The number of amides is 1. The van der Waals surface area contributed by atoms with Crippen molar-refractivity contribution in [2.75, 3.05) is 19.8 Å². The summed E-state index contributed by atoms with van der Waals surface area (Å²) in [6.07, 6.45) is 2.29. The van der Waals surface area contributed by atoms with Crippen molar-refractivity contribution in [1.29, 1.82) is 0 Å². The molecule has 0 bridgehead atoms. The first-order valence-corrected chi connectivity index (χ1v) is 15.8. The van der Waals surface area contributed by atoms with Gasteiger partial charge >= 0.3 is 0 Å². The van der Waals surface area contributed by atoms with Crippen LogP contribution in [0.5, 0.6) is 11.5 Å². The lowest BCUT2D eigenvalue weighted by atomic mass is 10.0. The fraction of sp³-hybridized carbons (Fsp3) is 0.333. The highest BCUT2D eigenvalue weighted by Crippen LogP contribution is 2.42. The molecule has 1 fully saturated rings. The number of sulfonamides is 1. The van der Waals surface area contributed by atoms with Crippen molar-refractivity contribution in [3.05, 3.63) is 64.4 Å². The number of nitrogens with zero attached hydrogens (tertiary/aromatic N) is 1. The third kappa shape index (κ3) is 4.99. The Kier molecular flexibility index (Phi) is 6.83. The number of nitrogens with one attached hydrogen (secondary N) is 2. The van der Waals surface area contributed by atoms with Crippen molar-refractivity contribution >= 4 is 38.6 Å². The Labute approximate surface area is 246 Å². The molecule has 3 aromatic carbocycles. The summed E-state index contributed by atoms with van der Waals surface area (Å²) in [6.45, 7) is 1.22. The molecule has 9 nitrogen and oxygen atoms in total. The van der Waals surface area contributed by atoms with Crippen LogP contribution in [0, 0.1) is 5.82 Å². The molecule has 1 unspecified atom stereocenters. The van der Waals surface area contributed by atoms with Crippen LogP contribution in [0.15, 0.2) is 46.9 Å². The van der Waals surface area contributed by atoms with E-state index in [1.807, 2.05) is 36.4 Å². The number of benzene rings is 3. The lowest BCUT2D eigenvalue weighted by Gasteiger charge is -2.19. The molecule has 218 valence electrons. The van der Waals surface area contributed by atoms with Crippen LogP contribution in [-0.2, 0) is 21.2 Å². The summed E-state index contributed by atoms with van der Waals surface area (Å²) in [7, 11) is -3.58. The number of carbonyl (C=O) groups excluding carboxylic acids is 1. The average Bonchev–Trinajstić information content (AvgIpc) is 3.65. The molecule has 1 atom stereocenters. The average molecular weight is 612 g/mol. The van der Waals surface area contributed by atoms with Crippen molar-refractivity contribution in [3.63, 3.8) is 0 Å². The lowest BCUT2D eigenvalue weighted by molar-refractivity contribution is -0.119. The zero-order valence-electron chi connectivity index (χ0n) is 22.4. The maximum Gasteiger partial charge on any atom is 0.237 e. The van der Waals surface area contributed by atoms with Gasteiger partial charge in [0.15, 0.2) is 22.9 Å². The number of oxazole rings is 1. The highest BCUT2D eigenvalue weighted by atomic mass is 35.5. The van der Waals surface area contributed by atoms with E-state index in [0.717, 1.165) is 16.7 Å². The summed E-state index contributed by atoms with van der Waals surface area (Å²) in [4.78, 5) is 16.7. The van der Waals surface area contributed by atoms with Gasteiger partial charge in [-0.1, -0.05) is 29.8 Å². The van der Waals surface area contributed by atoms with E-state index in [4.69, 9.17) is 25.5 Å². The SMILES string of the molecule is O=C(CCNC1CCc2c1cc1nc(-c3cccc(-c4ccc5c(c4)OCCO5)c3Cl)oc1c2F)NS(=O)(=O)C1CC1. The third-order valence-electron chi connectivity index (χ3n) is 7.86. The number of hydrogen-bond acceptors (Lipinski definition) is 8. The van der Waals surface area contributed by atoms with E-state index in [2.05, 4.69) is 15.0 Å². The van der Waals surface area contributed by atoms with Crippen LogP contribution in [0.1, 0.15) is 42.9 Å². The minimum absolute atomic E-state index is 0.00513. The molecule has 4 aromatic rings. The Hall–Kier alpha value is -3.67. The predicted molar refractivity (Wildman–Crippen MR) is 155 cm³/mol. The Bertz CT molecular complexity index is 1840. The van der Waals surface area contributed by atoms with Gasteiger partial charge in [0.2, 0.25) is 21.8 Å². The summed E-state index contributed by atoms with van der Waals surface area (Å²) in [5.41, 5.74) is 3.83. The molecule has 0 spiro atoms. The van der Waals surface area contributed by atoms with E-state index in [0.29, 0.717) is 72.1 Å².